The number of amides is 1. The van der Waals surface area contributed by atoms with Gasteiger partial charge in [-0.05, 0) is 12.8 Å². The second kappa shape index (κ2) is 6.69. The van der Waals surface area contributed by atoms with Crippen molar-refractivity contribution in [1.82, 2.24) is 15.2 Å². The van der Waals surface area contributed by atoms with E-state index in [4.69, 9.17) is 9.72 Å². The fourth-order valence-corrected chi connectivity index (χ4v) is 6.10. The zero-order valence-electron chi connectivity index (χ0n) is 15.6. The molecule has 2 bridgehead atoms. The molecule has 1 aromatic carbocycles. The smallest absolute Gasteiger partial charge is 0.216 e. The van der Waals surface area contributed by atoms with Gasteiger partial charge in [0.25, 0.3) is 0 Å². The first-order chi connectivity index (χ1) is 13.1. The van der Waals surface area contributed by atoms with Crippen molar-refractivity contribution >= 4 is 17.2 Å². The average Bonchev–Trinajstić information content (AvgIpc) is 3.41. The van der Waals surface area contributed by atoms with Crippen LogP contribution in [0.1, 0.15) is 24.8 Å². The maximum atomic E-state index is 11.4. The molecule has 142 valence electrons. The molecule has 0 radical (unpaired) electrons. The summed E-state index contributed by atoms with van der Waals surface area (Å²) >= 11 is 1.74. The van der Waals surface area contributed by atoms with Crippen LogP contribution in [-0.4, -0.2) is 47.1 Å². The SMILES string of the molecule is CC(=O)NC[C@H]1[C@H]2CN(Cc3nc(-c4ccccc4)cs3)C[C@]23CC[C@H]1O3. The van der Waals surface area contributed by atoms with Crippen LogP contribution in [0.2, 0.25) is 0 Å². The third-order valence-corrected chi connectivity index (χ3v) is 7.25. The molecule has 3 aliphatic heterocycles. The summed E-state index contributed by atoms with van der Waals surface area (Å²) in [5, 5.41) is 6.34. The monoisotopic (exact) mass is 383 g/mol. The van der Waals surface area contributed by atoms with E-state index in [9.17, 15) is 4.79 Å². The van der Waals surface area contributed by atoms with E-state index in [2.05, 4.69) is 39.9 Å². The Kier molecular flexibility index (Phi) is 4.30. The number of benzene rings is 1. The number of hydrogen-bond acceptors (Lipinski definition) is 5. The predicted octanol–water partition coefficient (Wildman–Crippen LogP) is 2.93. The Morgan fingerprint density at radius 2 is 2.26 bits per heavy atom. The first-order valence-corrected chi connectivity index (χ1v) is 10.7. The Morgan fingerprint density at radius 1 is 1.41 bits per heavy atom. The van der Waals surface area contributed by atoms with Crippen LogP contribution in [0.5, 0.6) is 0 Å². The molecule has 1 spiro atoms. The molecule has 0 aliphatic carbocycles. The largest absolute Gasteiger partial charge is 0.370 e. The van der Waals surface area contributed by atoms with Crippen molar-refractivity contribution in [2.45, 2.75) is 38.0 Å². The lowest BCUT2D eigenvalue weighted by Crippen LogP contribution is -2.41. The second-order valence-corrected chi connectivity index (χ2v) is 9.07. The number of rotatable bonds is 5. The zero-order valence-corrected chi connectivity index (χ0v) is 16.4. The summed E-state index contributed by atoms with van der Waals surface area (Å²) in [6.07, 6.45) is 2.61. The van der Waals surface area contributed by atoms with Gasteiger partial charge in [-0.2, -0.15) is 0 Å². The second-order valence-electron chi connectivity index (χ2n) is 8.13. The van der Waals surface area contributed by atoms with Gasteiger partial charge in [0, 0.05) is 49.3 Å². The lowest BCUT2D eigenvalue weighted by atomic mass is 9.73. The molecular weight excluding hydrogens is 358 g/mol. The lowest BCUT2D eigenvalue weighted by Gasteiger charge is -2.29. The molecule has 1 amide bonds. The van der Waals surface area contributed by atoms with Crippen molar-refractivity contribution in [3.63, 3.8) is 0 Å². The summed E-state index contributed by atoms with van der Waals surface area (Å²) in [6.45, 7) is 5.26. The molecule has 5 rings (SSSR count). The molecule has 1 aromatic heterocycles. The van der Waals surface area contributed by atoms with Gasteiger partial charge in [0.1, 0.15) is 5.01 Å². The normalized spacial score (nSPS) is 32.0. The number of fused-ring (bicyclic) bond motifs is 1. The zero-order chi connectivity index (χ0) is 18.4. The quantitative estimate of drug-likeness (QED) is 0.863. The van der Waals surface area contributed by atoms with Crippen molar-refractivity contribution in [2.24, 2.45) is 11.8 Å². The molecule has 27 heavy (non-hydrogen) atoms. The minimum absolute atomic E-state index is 0.00726. The van der Waals surface area contributed by atoms with Crippen LogP contribution >= 0.6 is 11.3 Å². The van der Waals surface area contributed by atoms with Gasteiger partial charge in [-0.1, -0.05) is 30.3 Å². The minimum Gasteiger partial charge on any atom is -0.370 e. The van der Waals surface area contributed by atoms with Crippen LogP contribution < -0.4 is 5.32 Å². The van der Waals surface area contributed by atoms with Gasteiger partial charge in [-0.3, -0.25) is 9.69 Å². The Balaban J connectivity index is 1.27. The summed E-state index contributed by atoms with van der Waals surface area (Å²) in [5.74, 6) is 1.03. The van der Waals surface area contributed by atoms with Gasteiger partial charge in [-0.25, -0.2) is 4.98 Å². The molecule has 5 nitrogen and oxygen atoms in total. The summed E-state index contributed by atoms with van der Waals surface area (Å²) in [5.41, 5.74) is 2.25. The average molecular weight is 384 g/mol. The van der Waals surface area contributed by atoms with Crippen LogP contribution in [0.25, 0.3) is 11.3 Å². The number of likely N-dealkylation sites (tertiary alicyclic amines) is 1. The highest BCUT2D eigenvalue weighted by atomic mass is 32.1. The fourth-order valence-electron chi connectivity index (χ4n) is 5.26. The van der Waals surface area contributed by atoms with E-state index in [-0.39, 0.29) is 11.5 Å². The number of thiazole rings is 1. The van der Waals surface area contributed by atoms with Crippen molar-refractivity contribution in [3.05, 3.63) is 40.7 Å². The van der Waals surface area contributed by atoms with Gasteiger partial charge >= 0.3 is 0 Å². The van der Waals surface area contributed by atoms with Crippen LogP contribution in [-0.2, 0) is 16.1 Å². The van der Waals surface area contributed by atoms with Crippen LogP contribution in [0.15, 0.2) is 35.7 Å². The highest BCUT2D eigenvalue weighted by Gasteiger charge is 2.62. The molecule has 2 aromatic rings. The summed E-state index contributed by atoms with van der Waals surface area (Å²) in [7, 11) is 0. The number of nitrogens with zero attached hydrogens (tertiary/aromatic N) is 2. The third-order valence-electron chi connectivity index (χ3n) is 6.42. The maximum absolute atomic E-state index is 11.4. The number of ether oxygens (including phenoxy) is 1. The van der Waals surface area contributed by atoms with Crippen LogP contribution in [0, 0.1) is 11.8 Å². The molecule has 0 unspecified atom stereocenters. The highest BCUT2D eigenvalue weighted by molar-refractivity contribution is 7.09. The number of aromatic nitrogens is 1. The first-order valence-electron chi connectivity index (χ1n) is 9.77. The van der Waals surface area contributed by atoms with E-state index in [1.807, 2.05) is 6.07 Å². The van der Waals surface area contributed by atoms with Crippen molar-refractivity contribution in [2.75, 3.05) is 19.6 Å². The van der Waals surface area contributed by atoms with E-state index < -0.39 is 0 Å². The third kappa shape index (κ3) is 3.10. The van der Waals surface area contributed by atoms with E-state index in [1.54, 1.807) is 18.3 Å². The van der Waals surface area contributed by atoms with E-state index in [0.717, 1.165) is 49.7 Å². The summed E-state index contributed by atoms with van der Waals surface area (Å²) in [4.78, 5) is 18.7. The standard InChI is InChI=1S/C21H25N3O2S/c1-14(25)22-9-16-17-10-24(13-21(17)8-7-19(16)26-21)11-20-23-18(12-27-20)15-5-3-2-4-6-15/h2-6,12,16-17,19H,7-11,13H2,1H3,(H,22,25)/t16-,17+,19+,21+/m0/s1. The van der Waals surface area contributed by atoms with E-state index >= 15 is 0 Å². The van der Waals surface area contributed by atoms with Gasteiger partial charge in [-0.15, -0.1) is 11.3 Å². The predicted molar refractivity (Wildman–Crippen MR) is 105 cm³/mol. The first kappa shape index (κ1) is 17.3. The molecule has 3 fully saturated rings. The number of carbonyl (C=O) groups is 1. The van der Waals surface area contributed by atoms with Gasteiger partial charge in [0.15, 0.2) is 0 Å². The van der Waals surface area contributed by atoms with Crippen LogP contribution in [0.3, 0.4) is 0 Å². The van der Waals surface area contributed by atoms with E-state index in [1.165, 1.54) is 5.56 Å². The molecule has 4 heterocycles. The van der Waals surface area contributed by atoms with Gasteiger partial charge < -0.3 is 10.1 Å². The Labute approximate surface area is 163 Å². The molecule has 4 atom stereocenters. The Hall–Kier alpha value is -1.76. The van der Waals surface area contributed by atoms with E-state index in [0.29, 0.717) is 17.9 Å². The Morgan fingerprint density at radius 3 is 3.07 bits per heavy atom. The van der Waals surface area contributed by atoms with Crippen molar-refractivity contribution in [3.8, 4) is 11.3 Å². The fraction of sp³-hybridized carbons (Fsp3) is 0.524. The number of hydrogen-bond donors (Lipinski definition) is 1. The van der Waals surface area contributed by atoms with Crippen LogP contribution in [0.4, 0.5) is 0 Å². The van der Waals surface area contributed by atoms with Crippen molar-refractivity contribution in [1.29, 1.82) is 0 Å². The molecule has 3 saturated heterocycles. The molecule has 6 heteroatoms. The van der Waals surface area contributed by atoms with Gasteiger partial charge in [0.05, 0.1) is 23.9 Å². The molecule has 1 N–H and O–H groups in total. The maximum Gasteiger partial charge on any atom is 0.216 e. The summed E-state index contributed by atoms with van der Waals surface area (Å²) in [6, 6.07) is 10.4. The topological polar surface area (TPSA) is 54.5 Å². The number of carbonyl (C=O) groups excluding carboxylic acids is 1. The molecule has 3 aliphatic rings. The summed E-state index contributed by atoms with van der Waals surface area (Å²) < 4.78 is 6.46. The van der Waals surface area contributed by atoms with Crippen molar-refractivity contribution < 1.29 is 9.53 Å². The van der Waals surface area contributed by atoms with Gasteiger partial charge in [0.2, 0.25) is 5.91 Å². The molecular formula is C21H25N3O2S. The number of nitrogens with one attached hydrogen (secondary N) is 1. The minimum atomic E-state index is 0.00726. The Bertz CT molecular complexity index is 839. The molecule has 0 saturated carbocycles. The highest BCUT2D eigenvalue weighted by Crippen LogP contribution is 2.54. The lowest BCUT2D eigenvalue weighted by molar-refractivity contribution is -0.119.